The third-order valence-electron chi connectivity index (χ3n) is 2.32. The molecule has 0 heterocycles. The van der Waals surface area contributed by atoms with Crippen molar-refractivity contribution in [2.24, 2.45) is 0 Å². The summed E-state index contributed by atoms with van der Waals surface area (Å²) in [5.74, 6) is -1.98. The first-order valence-electron chi connectivity index (χ1n) is 4.96. The highest BCUT2D eigenvalue weighted by atomic mass is 19.4. The highest BCUT2D eigenvalue weighted by Crippen LogP contribution is 2.23. The molecule has 4 nitrogen and oxygen atoms in total. The molecule has 0 saturated carbocycles. The Morgan fingerprint density at radius 3 is 2.06 bits per heavy atom. The van der Waals surface area contributed by atoms with Gasteiger partial charge in [-0.2, -0.15) is 13.2 Å². The fraction of sp³-hybridized carbons (Fsp3) is 0.364. The minimum absolute atomic E-state index is 0.107. The number of carbonyl (C=O) groups is 1. The van der Waals surface area contributed by atoms with Crippen molar-refractivity contribution in [2.45, 2.75) is 18.4 Å². The summed E-state index contributed by atoms with van der Waals surface area (Å²) in [6.45, 7) is -0.690. The van der Waals surface area contributed by atoms with Gasteiger partial charge in [-0.1, -0.05) is 24.3 Å². The minimum atomic E-state index is -4.95. The number of Topliss-reactive ketones (excluding diaryl/α,β-unsaturated/α-hetero) is 1. The summed E-state index contributed by atoms with van der Waals surface area (Å²) in [6, 6.07) is 3.97. The third kappa shape index (κ3) is 3.28. The number of benzene rings is 1. The van der Waals surface area contributed by atoms with Gasteiger partial charge in [0.2, 0.25) is 0 Å². The maximum Gasteiger partial charge on any atom is 0.454 e. The molecule has 0 amide bonds. The zero-order chi connectivity index (χ0) is 13.9. The number of alkyl halides is 3. The summed E-state index contributed by atoms with van der Waals surface area (Å²) in [4.78, 5) is 10.9. The van der Waals surface area contributed by atoms with Crippen LogP contribution in [0.2, 0.25) is 0 Å². The molecule has 2 unspecified atom stereocenters. The third-order valence-corrected chi connectivity index (χ3v) is 2.32. The van der Waals surface area contributed by atoms with Crippen molar-refractivity contribution in [3.8, 4) is 0 Å². The molecule has 7 heteroatoms. The summed E-state index contributed by atoms with van der Waals surface area (Å²) in [5, 5.41) is 27.2. The Bertz CT molecular complexity index is 413. The van der Waals surface area contributed by atoms with Gasteiger partial charge in [-0.3, -0.25) is 4.79 Å². The smallest absolute Gasteiger partial charge is 0.394 e. The molecule has 1 aromatic carbocycles. The van der Waals surface area contributed by atoms with Crippen LogP contribution in [0.4, 0.5) is 13.2 Å². The molecule has 18 heavy (non-hydrogen) atoms. The van der Waals surface area contributed by atoms with Crippen LogP contribution in [0.25, 0.3) is 0 Å². The van der Waals surface area contributed by atoms with Crippen LogP contribution in [-0.4, -0.2) is 40.0 Å². The van der Waals surface area contributed by atoms with Gasteiger partial charge in [-0.15, -0.1) is 0 Å². The van der Waals surface area contributed by atoms with E-state index in [1.54, 1.807) is 0 Å². The first-order chi connectivity index (χ1) is 8.27. The van der Waals surface area contributed by atoms with Crippen LogP contribution in [0, 0.1) is 0 Å². The van der Waals surface area contributed by atoms with Crippen LogP contribution in [0.1, 0.15) is 22.0 Å². The van der Waals surface area contributed by atoms with Crippen molar-refractivity contribution >= 4 is 5.78 Å². The number of aliphatic hydroxyl groups is 3. The second-order valence-electron chi connectivity index (χ2n) is 3.64. The minimum Gasteiger partial charge on any atom is -0.394 e. The van der Waals surface area contributed by atoms with Gasteiger partial charge in [-0.25, -0.2) is 0 Å². The Kier molecular flexibility index (Phi) is 4.44. The van der Waals surface area contributed by atoms with Crippen LogP contribution < -0.4 is 0 Å². The van der Waals surface area contributed by atoms with Crippen molar-refractivity contribution in [2.75, 3.05) is 6.61 Å². The maximum atomic E-state index is 12.1. The van der Waals surface area contributed by atoms with E-state index in [4.69, 9.17) is 10.2 Å². The van der Waals surface area contributed by atoms with Crippen LogP contribution in [0.5, 0.6) is 0 Å². The summed E-state index contributed by atoms with van der Waals surface area (Å²) in [5.41, 5.74) is -0.452. The lowest BCUT2D eigenvalue weighted by atomic mass is 10.0. The highest BCUT2D eigenvalue weighted by Gasteiger charge is 2.39. The second kappa shape index (κ2) is 5.47. The molecule has 2 atom stereocenters. The van der Waals surface area contributed by atoms with Gasteiger partial charge in [0.1, 0.15) is 12.2 Å². The van der Waals surface area contributed by atoms with Gasteiger partial charge in [0.25, 0.3) is 5.78 Å². The molecule has 1 aromatic rings. The standard InChI is InChI=1S/C11H11F3O4/c12-11(13,14)10(18)7-3-1-6(2-4-7)9(17)8(16)5-15/h1-4,8-9,15-17H,5H2. The number of hydrogen-bond donors (Lipinski definition) is 3. The van der Waals surface area contributed by atoms with Crippen molar-refractivity contribution < 1.29 is 33.3 Å². The predicted molar refractivity (Wildman–Crippen MR) is 54.9 cm³/mol. The zero-order valence-electron chi connectivity index (χ0n) is 9.05. The Morgan fingerprint density at radius 1 is 1.17 bits per heavy atom. The quantitative estimate of drug-likeness (QED) is 0.703. The van der Waals surface area contributed by atoms with E-state index in [0.29, 0.717) is 0 Å². The van der Waals surface area contributed by atoms with Gasteiger partial charge < -0.3 is 15.3 Å². The lowest BCUT2D eigenvalue weighted by Gasteiger charge is -2.16. The maximum absolute atomic E-state index is 12.1. The molecule has 0 bridgehead atoms. The molecule has 100 valence electrons. The molecule has 0 aliphatic heterocycles. The van der Waals surface area contributed by atoms with Gasteiger partial charge in [0.15, 0.2) is 0 Å². The summed E-state index contributed by atoms with van der Waals surface area (Å²) in [6.07, 6.45) is -7.82. The van der Waals surface area contributed by atoms with Crippen LogP contribution in [0.15, 0.2) is 24.3 Å². The second-order valence-corrected chi connectivity index (χ2v) is 3.64. The van der Waals surface area contributed by atoms with Gasteiger partial charge in [0, 0.05) is 5.56 Å². The van der Waals surface area contributed by atoms with Crippen LogP contribution in [0.3, 0.4) is 0 Å². The zero-order valence-corrected chi connectivity index (χ0v) is 9.05. The van der Waals surface area contributed by atoms with E-state index in [0.717, 1.165) is 24.3 Å². The van der Waals surface area contributed by atoms with E-state index in [-0.39, 0.29) is 5.56 Å². The fourth-order valence-corrected chi connectivity index (χ4v) is 1.32. The molecule has 3 N–H and O–H groups in total. The van der Waals surface area contributed by atoms with E-state index in [2.05, 4.69) is 0 Å². The normalized spacial score (nSPS) is 15.2. The average molecular weight is 264 g/mol. The van der Waals surface area contributed by atoms with Gasteiger partial charge >= 0.3 is 6.18 Å². The average Bonchev–Trinajstić information content (AvgIpc) is 2.35. The molecular formula is C11H11F3O4. The monoisotopic (exact) mass is 264 g/mol. The number of aliphatic hydroxyl groups excluding tert-OH is 3. The molecule has 1 rings (SSSR count). The van der Waals surface area contributed by atoms with E-state index >= 15 is 0 Å². The number of rotatable bonds is 4. The first kappa shape index (κ1) is 14.6. The number of carbonyl (C=O) groups excluding carboxylic acids is 1. The molecule has 0 spiro atoms. The van der Waals surface area contributed by atoms with Crippen LogP contribution >= 0.6 is 0 Å². The predicted octanol–water partition coefficient (Wildman–Crippen LogP) is 0.818. The Hall–Kier alpha value is -1.44. The number of halogens is 3. The van der Waals surface area contributed by atoms with Crippen molar-refractivity contribution in [1.82, 2.24) is 0 Å². The topological polar surface area (TPSA) is 77.8 Å². The first-order valence-corrected chi connectivity index (χ1v) is 4.96. The molecule has 0 radical (unpaired) electrons. The lowest BCUT2D eigenvalue weighted by Crippen LogP contribution is -2.24. The largest absolute Gasteiger partial charge is 0.454 e. The molecule has 0 aliphatic carbocycles. The molecule has 0 saturated heterocycles. The Balaban J connectivity index is 2.90. The SMILES string of the molecule is O=C(c1ccc(C(O)C(O)CO)cc1)C(F)(F)F. The Labute approximate surface area is 100 Å². The van der Waals surface area contributed by atoms with Crippen LogP contribution in [-0.2, 0) is 0 Å². The molecule has 0 fully saturated rings. The van der Waals surface area contributed by atoms with Gasteiger partial charge in [0.05, 0.1) is 6.61 Å². The van der Waals surface area contributed by atoms with E-state index < -0.39 is 36.3 Å². The highest BCUT2D eigenvalue weighted by molar-refractivity contribution is 6.00. The van der Waals surface area contributed by atoms with E-state index in [1.165, 1.54) is 0 Å². The summed E-state index contributed by atoms with van der Waals surface area (Å²) in [7, 11) is 0. The van der Waals surface area contributed by atoms with Crippen molar-refractivity contribution in [1.29, 1.82) is 0 Å². The van der Waals surface area contributed by atoms with E-state index in [1.807, 2.05) is 0 Å². The summed E-state index contributed by atoms with van der Waals surface area (Å²) >= 11 is 0. The summed E-state index contributed by atoms with van der Waals surface area (Å²) < 4.78 is 36.3. The van der Waals surface area contributed by atoms with E-state index in [9.17, 15) is 23.1 Å². The fourth-order valence-electron chi connectivity index (χ4n) is 1.32. The molecule has 0 aromatic heterocycles. The number of hydrogen-bond acceptors (Lipinski definition) is 4. The Morgan fingerprint density at radius 2 is 1.67 bits per heavy atom. The molecular weight excluding hydrogens is 253 g/mol. The van der Waals surface area contributed by atoms with Crippen molar-refractivity contribution in [3.05, 3.63) is 35.4 Å². The number of ketones is 1. The van der Waals surface area contributed by atoms with Crippen molar-refractivity contribution in [3.63, 3.8) is 0 Å². The lowest BCUT2D eigenvalue weighted by molar-refractivity contribution is -0.0885. The van der Waals surface area contributed by atoms with Gasteiger partial charge in [-0.05, 0) is 5.56 Å². The molecule has 0 aliphatic rings.